The molecule has 0 aliphatic carbocycles. The van der Waals surface area contributed by atoms with Crippen LogP contribution in [0.5, 0.6) is 0 Å². The van der Waals surface area contributed by atoms with Gasteiger partial charge in [-0.05, 0) is 11.6 Å². The quantitative estimate of drug-likeness (QED) is 0.839. The first-order valence-corrected chi connectivity index (χ1v) is 3.71. The lowest BCUT2D eigenvalue weighted by molar-refractivity contribution is -0.127. The predicted octanol–water partition coefficient (Wildman–Crippen LogP) is 2.65. The number of hydrogen-bond acceptors (Lipinski definition) is 2. The van der Waals surface area contributed by atoms with E-state index in [-0.39, 0.29) is 18.0 Å². The van der Waals surface area contributed by atoms with Crippen LogP contribution in [-0.2, 0) is 6.42 Å². The number of hydrogen-bond donors (Lipinski definition) is 1. The molecule has 0 fully saturated rings. The van der Waals surface area contributed by atoms with Gasteiger partial charge in [0.15, 0.2) is 0 Å². The fourth-order valence-electron chi connectivity index (χ4n) is 0.908. The van der Waals surface area contributed by atoms with Gasteiger partial charge in [0.2, 0.25) is 0 Å². The van der Waals surface area contributed by atoms with Gasteiger partial charge in [0.05, 0.1) is 6.42 Å². The molecular formula is C8H10ClF3N2. The van der Waals surface area contributed by atoms with Crippen molar-refractivity contribution in [1.82, 2.24) is 4.98 Å². The molecule has 0 spiro atoms. The fourth-order valence-corrected chi connectivity index (χ4v) is 0.908. The Morgan fingerprint density at radius 2 is 2.00 bits per heavy atom. The lowest BCUT2D eigenvalue weighted by atomic mass is 10.2. The van der Waals surface area contributed by atoms with E-state index in [0.717, 1.165) is 0 Å². The third-order valence-electron chi connectivity index (χ3n) is 1.49. The van der Waals surface area contributed by atoms with Crippen molar-refractivity contribution in [3.05, 3.63) is 23.9 Å². The molecule has 0 bridgehead atoms. The molecule has 1 aromatic rings. The van der Waals surface area contributed by atoms with E-state index < -0.39 is 12.6 Å². The third kappa shape index (κ3) is 4.32. The Morgan fingerprint density at radius 3 is 2.36 bits per heavy atom. The molecule has 0 aromatic carbocycles. The molecule has 14 heavy (non-hydrogen) atoms. The zero-order valence-electron chi connectivity index (χ0n) is 7.43. The van der Waals surface area contributed by atoms with Crippen molar-refractivity contribution in [1.29, 1.82) is 0 Å². The van der Waals surface area contributed by atoms with Gasteiger partial charge in [-0.1, -0.05) is 6.07 Å². The average molecular weight is 227 g/mol. The highest BCUT2D eigenvalue weighted by molar-refractivity contribution is 5.85. The summed E-state index contributed by atoms with van der Waals surface area (Å²) < 4.78 is 35.6. The molecule has 0 radical (unpaired) electrons. The molecule has 1 aromatic heterocycles. The van der Waals surface area contributed by atoms with Gasteiger partial charge in [-0.25, -0.2) is 4.98 Å². The molecule has 0 atom stereocenters. The second-order valence-corrected chi connectivity index (χ2v) is 2.59. The van der Waals surface area contributed by atoms with Gasteiger partial charge in [-0.3, -0.25) is 0 Å². The van der Waals surface area contributed by atoms with Crippen LogP contribution < -0.4 is 5.32 Å². The van der Waals surface area contributed by atoms with Crippen LogP contribution in [-0.4, -0.2) is 18.2 Å². The molecule has 0 unspecified atom stereocenters. The Morgan fingerprint density at radius 1 is 1.36 bits per heavy atom. The van der Waals surface area contributed by atoms with Crippen LogP contribution >= 0.6 is 12.4 Å². The Balaban J connectivity index is 0.00000169. The van der Waals surface area contributed by atoms with Gasteiger partial charge in [0.1, 0.15) is 5.82 Å². The van der Waals surface area contributed by atoms with Crippen molar-refractivity contribution in [2.24, 2.45) is 0 Å². The maximum absolute atomic E-state index is 11.9. The molecule has 0 aliphatic heterocycles. The maximum Gasteiger partial charge on any atom is 0.393 e. The summed E-state index contributed by atoms with van der Waals surface area (Å²) in [5.41, 5.74) is 0.173. The topological polar surface area (TPSA) is 24.9 Å². The number of pyridine rings is 1. The van der Waals surface area contributed by atoms with Crippen molar-refractivity contribution >= 4 is 18.2 Å². The molecule has 0 amide bonds. The summed E-state index contributed by atoms with van der Waals surface area (Å²) in [5, 5.41) is 2.72. The van der Waals surface area contributed by atoms with E-state index in [0.29, 0.717) is 5.82 Å². The van der Waals surface area contributed by atoms with Crippen LogP contribution in [0.25, 0.3) is 0 Å². The summed E-state index contributed by atoms with van der Waals surface area (Å²) in [6.45, 7) is 0. The highest BCUT2D eigenvalue weighted by Crippen LogP contribution is 2.20. The zero-order valence-corrected chi connectivity index (χ0v) is 8.25. The molecule has 0 aliphatic rings. The van der Waals surface area contributed by atoms with E-state index >= 15 is 0 Å². The van der Waals surface area contributed by atoms with Crippen LogP contribution in [0, 0.1) is 0 Å². The molecule has 1 rings (SSSR count). The van der Waals surface area contributed by atoms with Gasteiger partial charge in [-0.15, -0.1) is 12.4 Å². The van der Waals surface area contributed by atoms with E-state index in [1.54, 1.807) is 7.05 Å². The van der Waals surface area contributed by atoms with Crippen molar-refractivity contribution in [3.8, 4) is 0 Å². The first-order chi connectivity index (χ1) is 6.01. The van der Waals surface area contributed by atoms with Crippen molar-refractivity contribution < 1.29 is 13.2 Å². The molecule has 2 nitrogen and oxygen atoms in total. The molecule has 6 heteroatoms. The highest BCUT2D eigenvalue weighted by atomic mass is 35.5. The minimum atomic E-state index is -4.16. The Kier molecular flexibility index (Phi) is 4.70. The maximum atomic E-state index is 11.9. The molecule has 0 saturated heterocycles. The highest BCUT2D eigenvalue weighted by Gasteiger charge is 2.27. The molecular weight excluding hydrogens is 217 g/mol. The van der Waals surface area contributed by atoms with Crippen LogP contribution in [0.1, 0.15) is 5.56 Å². The lowest BCUT2D eigenvalue weighted by Gasteiger charge is -2.06. The minimum Gasteiger partial charge on any atom is -0.373 e. The van der Waals surface area contributed by atoms with E-state index in [1.165, 1.54) is 18.3 Å². The van der Waals surface area contributed by atoms with Gasteiger partial charge < -0.3 is 5.32 Å². The lowest BCUT2D eigenvalue weighted by Crippen LogP contribution is -2.11. The Labute approximate surface area is 85.9 Å². The van der Waals surface area contributed by atoms with Crippen LogP contribution in [0.3, 0.4) is 0 Å². The normalized spacial score (nSPS) is 10.6. The zero-order chi connectivity index (χ0) is 9.90. The Hall–Kier alpha value is -0.970. The Bertz CT molecular complexity index is 271. The SMILES string of the molecule is CNc1ccc(CC(F)(F)F)cn1.Cl. The van der Waals surface area contributed by atoms with Crippen LogP contribution in [0.15, 0.2) is 18.3 Å². The number of nitrogens with zero attached hydrogens (tertiary/aromatic N) is 1. The first-order valence-electron chi connectivity index (χ1n) is 3.71. The van der Waals surface area contributed by atoms with Crippen LogP contribution in [0.2, 0.25) is 0 Å². The third-order valence-corrected chi connectivity index (χ3v) is 1.49. The van der Waals surface area contributed by atoms with Crippen molar-refractivity contribution in [2.75, 3.05) is 12.4 Å². The number of anilines is 1. The fraction of sp³-hybridized carbons (Fsp3) is 0.375. The summed E-state index contributed by atoms with van der Waals surface area (Å²) in [4.78, 5) is 3.77. The molecule has 1 heterocycles. The summed E-state index contributed by atoms with van der Waals surface area (Å²) in [7, 11) is 1.66. The minimum absolute atomic E-state index is 0. The first kappa shape index (κ1) is 13.0. The standard InChI is InChI=1S/C8H9F3N2.ClH/c1-12-7-3-2-6(5-13-7)4-8(9,10)11;/h2-3,5H,4H2,1H3,(H,12,13);1H. The van der Waals surface area contributed by atoms with Crippen LogP contribution in [0.4, 0.5) is 19.0 Å². The second kappa shape index (κ2) is 5.05. The number of rotatable bonds is 2. The largest absolute Gasteiger partial charge is 0.393 e. The number of halogens is 4. The number of alkyl halides is 3. The van der Waals surface area contributed by atoms with Crippen molar-refractivity contribution in [2.45, 2.75) is 12.6 Å². The van der Waals surface area contributed by atoms with E-state index in [9.17, 15) is 13.2 Å². The monoisotopic (exact) mass is 226 g/mol. The van der Waals surface area contributed by atoms with Gasteiger partial charge in [0.25, 0.3) is 0 Å². The molecule has 1 N–H and O–H groups in total. The smallest absolute Gasteiger partial charge is 0.373 e. The number of aromatic nitrogens is 1. The van der Waals surface area contributed by atoms with Gasteiger partial charge >= 0.3 is 6.18 Å². The van der Waals surface area contributed by atoms with Crippen molar-refractivity contribution in [3.63, 3.8) is 0 Å². The summed E-state index contributed by atoms with van der Waals surface area (Å²) in [6.07, 6.45) is -3.87. The number of nitrogens with one attached hydrogen (secondary N) is 1. The summed E-state index contributed by atoms with van der Waals surface area (Å²) >= 11 is 0. The predicted molar refractivity (Wildman–Crippen MR) is 50.8 cm³/mol. The second-order valence-electron chi connectivity index (χ2n) is 2.59. The molecule has 80 valence electrons. The van der Waals surface area contributed by atoms with Gasteiger partial charge in [0, 0.05) is 13.2 Å². The molecule has 0 saturated carbocycles. The summed E-state index contributed by atoms with van der Waals surface area (Å²) in [6, 6.07) is 2.92. The average Bonchev–Trinajstić information content (AvgIpc) is 2.03. The van der Waals surface area contributed by atoms with E-state index in [2.05, 4.69) is 10.3 Å². The van der Waals surface area contributed by atoms with E-state index in [1.807, 2.05) is 0 Å². The summed E-state index contributed by atoms with van der Waals surface area (Å²) in [5.74, 6) is 0.561. The van der Waals surface area contributed by atoms with Gasteiger partial charge in [-0.2, -0.15) is 13.2 Å². The van der Waals surface area contributed by atoms with E-state index in [4.69, 9.17) is 0 Å².